The van der Waals surface area contributed by atoms with Crippen molar-refractivity contribution < 1.29 is 4.74 Å². The molecule has 1 atom stereocenters. The summed E-state index contributed by atoms with van der Waals surface area (Å²) in [6.07, 6.45) is 0. The van der Waals surface area contributed by atoms with Crippen molar-refractivity contribution in [3.8, 4) is 0 Å². The van der Waals surface area contributed by atoms with E-state index in [9.17, 15) is 0 Å². The molecule has 3 heteroatoms. The van der Waals surface area contributed by atoms with Gasteiger partial charge in [-0.25, -0.2) is 4.99 Å². The second-order valence-electron chi connectivity index (χ2n) is 6.12. The quantitative estimate of drug-likeness (QED) is 0.662. The van der Waals surface area contributed by atoms with Crippen LogP contribution in [0, 0.1) is 0 Å². The minimum Gasteiger partial charge on any atom is -0.475 e. The van der Waals surface area contributed by atoms with Gasteiger partial charge in [0.15, 0.2) is 0 Å². The van der Waals surface area contributed by atoms with E-state index in [0.29, 0.717) is 6.61 Å². The number of rotatable bonds is 4. The highest BCUT2D eigenvalue weighted by molar-refractivity contribution is 7.80. The Morgan fingerprint density at radius 2 is 1.36 bits per heavy atom. The zero-order valence-electron chi connectivity index (χ0n) is 14.2. The fraction of sp³-hybridized carbons (Fsp3) is 0.136. The first-order valence-corrected chi connectivity index (χ1v) is 9.87. The Morgan fingerprint density at radius 1 is 0.800 bits per heavy atom. The summed E-state index contributed by atoms with van der Waals surface area (Å²) >= 11 is 0. The number of nitrogens with zero attached hydrogens (tertiary/aromatic N) is 1. The lowest BCUT2D eigenvalue weighted by molar-refractivity contribution is 0.324. The van der Waals surface area contributed by atoms with Gasteiger partial charge in [0.1, 0.15) is 6.61 Å². The molecule has 3 aromatic carbocycles. The molecule has 1 aliphatic rings. The maximum Gasteiger partial charge on any atom is 0.217 e. The van der Waals surface area contributed by atoms with Crippen molar-refractivity contribution in [3.05, 3.63) is 90.5 Å². The van der Waals surface area contributed by atoms with Crippen LogP contribution in [0.3, 0.4) is 0 Å². The second-order valence-corrected chi connectivity index (χ2v) is 8.30. The molecular formula is C22H20NOP. The molecule has 0 amide bonds. The van der Waals surface area contributed by atoms with Crippen molar-refractivity contribution >= 4 is 29.7 Å². The minimum atomic E-state index is -0.658. The van der Waals surface area contributed by atoms with E-state index in [1.807, 2.05) is 0 Å². The van der Waals surface area contributed by atoms with Crippen molar-refractivity contribution in [2.24, 2.45) is 4.99 Å². The Bertz CT molecular complexity index is 837. The summed E-state index contributed by atoms with van der Waals surface area (Å²) in [5.74, 6) is 0.780. The van der Waals surface area contributed by atoms with Crippen LogP contribution in [0.4, 0.5) is 0 Å². The Balaban J connectivity index is 1.88. The largest absolute Gasteiger partial charge is 0.475 e. The van der Waals surface area contributed by atoms with Crippen LogP contribution < -0.4 is 15.9 Å². The number of ether oxygens (including phenoxy) is 1. The molecule has 0 fully saturated rings. The van der Waals surface area contributed by atoms with Gasteiger partial charge in [-0.1, -0.05) is 78.9 Å². The SMILES string of the molecule is C[C@H]1COC(c2ccccc2P(c2ccccc2)c2ccccc2)=N1. The van der Waals surface area contributed by atoms with E-state index in [1.54, 1.807) is 0 Å². The highest BCUT2D eigenvalue weighted by Crippen LogP contribution is 2.34. The summed E-state index contributed by atoms with van der Waals surface area (Å²) in [6.45, 7) is 2.76. The van der Waals surface area contributed by atoms with Crippen LogP contribution in [-0.2, 0) is 4.74 Å². The molecule has 1 aliphatic heterocycles. The van der Waals surface area contributed by atoms with Gasteiger partial charge in [-0.2, -0.15) is 0 Å². The topological polar surface area (TPSA) is 21.6 Å². The van der Waals surface area contributed by atoms with Crippen LogP contribution in [0.1, 0.15) is 12.5 Å². The molecule has 0 bridgehead atoms. The van der Waals surface area contributed by atoms with Crippen molar-refractivity contribution in [3.63, 3.8) is 0 Å². The highest BCUT2D eigenvalue weighted by atomic mass is 31.1. The molecule has 25 heavy (non-hydrogen) atoms. The molecular weight excluding hydrogens is 325 g/mol. The van der Waals surface area contributed by atoms with Gasteiger partial charge in [0.25, 0.3) is 0 Å². The van der Waals surface area contributed by atoms with E-state index in [0.717, 1.165) is 11.5 Å². The third kappa shape index (κ3) is 3.36. The van der Waals surface area contributed by atoms with Crippen LogP contribution >= 0.6 is 7.92 Å². The van der Waals surface area contributed by atoms with Gasteiger partial charge in [-0.15, -0.1) is 0 Å². The number of benzene rings is 3. The van der Waals surface area contributed by atoms with Gasteiger partial charge >= 0.3 is 0 Å². The van der Waals surface area contributed by atoms with Gasteiger partial charge < -0.3 is 4.74 Å². The normalized spacial score (nSPS) is 16.6. The zero-order valence-corrected chi connectivity index (χ0v) is 15.1. The van der Waals surface area contributed by atoms with Crippen LogP contribution in [0.2, 0.25) is 0 Å². The maximum atomic E-state index is 5.87. The lowest BCUT2D eigenvalue weighted by atomic mass is 10.2. The summed E-state index contributed by atoms with van der Waals surface area (Å²) < 4.78 is 5.87. The molecule has 1 heterocycles. The van der Waals surface area contributed by atoms with Crippen molar-refractivity contribution in [2.45, 2.75) is 13.0 Å². The Labute approximate surface area is 150 Å². The van der Waals surface area contributed by atoms with Gasteiger partial charge in [-0.3, -0.25) is 0 Å². The molecule has 0 N–H and O–H groups in total. The predicted molar refractivity (Wildman–Crippen MR) is 107 cm³/mol. The van der Waals surface area contributed by atoms with E-state index in [2.05, 4.69) is 91.9 Å². The fourth-order valence-corrected chi connectivity index (χ4v) is 5.49. The van der Waals surface area contributed by atoms with E-state index >= 15 is 0 Å². The van der Waals surface area contributed by atoms with Crippen LogP contribution in [0.5, 0.6) is 0 Å². The lowest BCUT2D eigenvalue weighted by Gasteiger charge is -2.22. The maximum absolute atomic E-state index is 5.87. The zero-order chi connectivity index (χ0) is 17.1. The first kappa shape index (κ1) is 16.1. The number of hydrogen-bond donors (Lipinski definition) is 0. The van der Waals surface area contributed by atoms with E-state index in [-0.39, 0.29) is 6.04 Å². The first-order chi connectivity index (χ1) is 12.3. The van der Waals surface area contributed by atoms with Crippen LogP contribution in [-0.4, -0.2) is 18.5 Å². The lowest BCUT2D eigenvalue weighted by Crippen LogP contribution is -2.25. The molecule has 0 saturated heterocycles. The van der Waals surface area contributed by atoms with Gasteiger partial charge in [-0.05, 0) is 36.8 Å². The van der Waals surface area contributed by atoms with E-state index < -0.39 is 7.92 Å². The van der Waals surface area contributed by atoms with Gasteiger partial charge in [0.05, 0.1) is 6.04 Å². The van der Waals surface area contributed by atoms with Gasteiger partial charge in [0, 0.05) is 5.56 Å². The molecule has 0 spiro atoms. The predicted octanol–water partition coefficient (Wildman–Crippen LogP) is 3.61. The standard InChI is InChI=1S/C22H20NOP/c1-17-16-24-22(23-17)20-14-8-9-15-21(20)25(18-10-4-2-5-11-18)19-12-6-3-7-13-19/h2-15,17H,16H2,1H3/t17-/m0/s1. The van der Waals surface area contributed by atoms with Crippen molar-refractivity contribution in [1.82, 2.24) is 0 Å². The number of hydrogen-bond acceptors (Lipinski definition) is 2. The Kier molecular flexibility index (Phi) is 4.63. The summed E-state index contributed by atoms with van der Waals surface area (Å²) in [5, 5.41) is 3.97. The fourth-order valence-electron chi connectivity index (χ4n) is 3.05. The minimum absolute atomic E-state index is 0.225. The number of aliphatic imine (C=N–C) groups is 1. The highest BCUT2D eigenvalue weighted by Gasteiger charge is 2.24. The Hall–Kier alpha value is -2.44. The molecule has 0 unspecified atom stereocenters. The Morgan fingerprint density at radius 3 is 1.92 bits per heavy atom. The molecule has 0 aromatic heterocycles. The molecule has 0 saturated carbocycles. The molecule has 4 rings (SSSR count). The van der Waals surface area contributed by atoms with E-state index in [4.69, 9.17) is 9.73 Å². The smallest absolute Gasteiger partial charge is 0.217 e. The van der Waals surface area contributed by atoms with Crippen LogP contribution in [0.25, 0.3) is 0 Å². The third-order valence-electron chi connectivity index (χ3n) is 4.20. The average molecular weight is 345 g/mol. The summed E-state index contributed by atoms with van der Waals surface area (Å²) in [6, 6.07) is 30.2. The summed E-state index contributed by atoms with van der Waals surface area (Å²) in [4.78, 5) is 4.69. The van der Waals surface area contributed by atoms with Crippen molar-refractivity contribution in [2.75, 3.05) is 6.61 Å². The third-order valence-corrected chi connectivity index (χ3v) is 6.70. The monoisotopic (exact) mass is 345 g/mol. The van der Waals surface area contributed by atoms with Crippen LogP contribution in [0.15, 0.2) is 89.9 Å². The first-order valence-electron chi connectivity index (χ1n) is 8.53. The molecule has 2 nitrogen and oxygen atoms in total. The molecule has 124 valence electrons. The van der Waals surface area contributed by atoms with Gasteiger partial charge in [0.2, 0.25) is 5.90 Å². The summed E-state index contributed by atoms with van der Waals surface area (Å²) in [7, 11) is -0.658. The molecule has 0 radical (unpaired) electrons. The van der Waals surface area contributed by atoms with E-state index in [1.165, 1.54) is 15.9 Å². The molecule has 3 aromatic rings. The summed E-state index contributed by atoms with van der Waals surface area (Å²) in [5.41, 5.74) is 1.12. The molecule has 0 aliphatic carbocycles. The average Bonchev–Trinajstić information content (AvgIpc) is 3.10. The van der Waals surface area contributed by atoms with Crippen molar-refractivity contribution in [1.29, 1.82) is 0 Å². The second kappa shape index (κ2) is 7.21.